The highest BCUT2D eigenvalue weighted by Gasteiger charge is 2.07. The zero-order chi connectivity index (χ0) is 10.0. The maximum atomic E-state index is 3.43. The van der Waals surface area contributed by atoms with Gasteiger partial charge in [-0.15, -0.1) is 0 Å². The lowest BCUT2D eigenvalue weighted by Gasteiger charge is -2.18. The van der Waals surface area contributed by atoms with Crippen LogP contribution in [0.5, 0.6) is 0 Å². The van der Waals surface area contributed by atoms with Crippen LogP contribution in [0.1, 0.15) is 55.8 Å². The zero-order valence-corrected chi connectivity index (χ0v) is 9.83. The summed E-state index contributed by atoms with van der Waals surface area (Å²) in [6.45, 7) is 15.3. The topological polar surface area (TPSA) is 12.0 Å². The summed E-state index contributed by atoms with van der Waals surface area (Å²) in [5.41, 5.74) is 0.438. The van der Waals surface area contributed by atoms with Crippen LogP contribution in [-0.2, 0) is 0 Å². The van der Waals surface area contributed by atoms with Gasteiger partial charge in [0.15, 0.2) is 0 Å². The highest BCUT2D eigenvalue weighted by atomic mass is 14.9. The van der Waals surface area contributed by atoms with E-state index in [1.54, 1.807) is 0 Å². The Labute approximate surface area is 80.4 Å². The molecule has 0 bridgehead atoms. The van der Waals surface area contributed by atoms with E-state index in [0.717, 1.165) is 6.54 Å². The highest BCUT2D eigenvalue weighted by Crippen LogP contribution is 2.09. The highest BCUT2D eigenvalue weighted by molar-refractivity contribution is 4.64. The fourth-order valence-electron chi connectivity index (χ4n) is 0.765. The molecule has 0 saturated heterocycles. The van der Waals surface area contributed by atoms with Crippen molar-refractivity contribution < 1.29 is 1.43 Å². The van der Waals surface area contributed by atoms with Crippen LogP contribution >= 0.6 is 0 Å². The summed E-state index contributed by atoms with van der Waals surface area (Å²) in [5, 5.41) is 3.43. The summed E-state index contributed by atoms with van der Waals surface area (Å²) in [6, 6.07) is 0. The van der Waals surface area contributed by atoms with Crippen molar-refractivity contribution in [2.75, 3.05) is 13.1 Å². The normalized spacial score (nSPS) is 10.5. The van der Waals surface area contributed by atoms with E-state index in [2.05, 4.69) is 33.0 Å². The Morgan fingerprint density at radius 3 is 2.00 bits per heavy atom. The first-order valence-electron chi connectivity index (χ1n) is 5.27. The first-order chi connectivity index (χ1) is 5.56. The summed E-state index contributed by atoms with van der Waals surface area (Å²) < 4.78 is 0. The van der Waals surface area contributed by atoms with E-state index >= 15 is 0 Å². The second-order valence-electron chi connectivity index (χ2n) is 4.09. The van der Waals surface area contributed by atoms with Crippen LogP contribution in [-0.4, -0.2) is 13.1 Å². The van der Waals surface area contributed by atoms with Crippen molar-refractivity contribution in [2.45, 2.75) is 54.4 Å². The van der Waals surface area contributed by atoms with E-state index in [0.29, 0.717) is 5.41 Å². The molecule has 0 amide bonds. The predicted octanol–water partition coefficient (Wildman–Crippen LogP) is 3.69. The predicted molar refractivity (Wildman–Crippen MR) is 60.7 cm³/mol. The minimum absolute atomic E-state index is 0. The lowest BCUT2D eigenvalue weighted by atomic mass is 9.97. The monoisotopic (exact) mass is 175 g/mol. The van der Waals surface area contributed by atoms with Crippen LogP contribution in [0.4, 0.5) is 0 Å². The second-order valence-corrected chi connectivity index (χ2v) is 4.09. The summed E-state index contributed by atoms with van der Waals surface area (Å²) in [6.07, 6.45) is 2.59. The molecule has 1 N–H and O–H groups in total. The van der Waals surface area contributed by atoms with Crippen molar-refractivity contribution in [3.8, 4) is 0 Å². The van der Waals surface area contributed by atoms with Gasteiger partial charge in [-0.2, -0.15) is 0 Å². The van der Waals surface area contributed by atoms with Gasteiger partial charge in [0.2, 0.25) is 0 Å². The Morgan fingerprint density at radius 2 is 1.67 bits per heavy atom. The molecule has 0 heterocycles. The Morgan fingerprint density at radius 1 is 1.17 bits per heavy atom. The fraction of sp³-hybridized carbons (Fsp3) is 1.00. The maximum absolute atomic E-state index is 3.43. The molecule has 0 aromatic carbocycles. The van der Waals surface area contributed by atoms with E-state index in [9.17, 15) is 0 Å². The third-order valence-electron chi connectivity index (χ3n) is 1.36. The summed E-state index contributed by atoms with van der Waals surface area (Å²) in [5.74, 6) is 0. The van der Waals surface area contributed by atoms with Crippen molar-refractivity contribution in [1.82, 2.24) is 5.32 Å². The molecule has 0 aromatic heterocycles. The molecule has 0 aliphatic carbocycles. The third kappa shape index (κ3) is 16.5. The van der Waals surface area contributed by atoms with Crippen LogP contribution in [0.2, 0.25) is 0 Å². The molecule has 0 atom stereocenters. The molecule has 0 spiro atoms. The van der Waals surface area contributed by atoms with Crippen LogP contribution < -0.4 is 5.32 Å². The van der Waals surface area contributed by atoms with E-state index in [-0.39, 0.29) is 1.43 Å². The fourth-order valence-corrected chi connectivity index (χ4v) is 0.765. The van der Waals surface area contributed by atoms with Gasteiger partial charge < -0.3 is 5.32 Å². The molecule has 12 heavy (non-hydrogen) atoms. The Bertz CT molecular complexity index is 76.6. The zero-order valence-electron chi connectivity index (χ0n) is 9.83. The first-order valence-corrected chi connectivity index (χ1v) is 5.27. The van der Waals surface area contributed by atoms with E-state index in [1.807, 2.05) is 13.8 Å². The molecule has 1 nitrogen and oxygen atoms in total. The molecule has 0 saturated carbocycles. The van der Waals surface area contributed by atoms with Gasteiger partial charge in [0.05, 0.1) is 0 Å². The average molecular weight is 175 g/mol. The largest absolute Gasteiger partial charge is 0.316 e. The molecular weight excluding hydrogens is 146 g/mol. The maximum Gasteiger partial charge on any atom is 0 e. The molecule has 78 valence electrons. The summed E-state index contributed by atoms with van der Waals surface area (Å²) in [7, 11) is 0. The van der Waals surface area contributed by atoms with Crippen molar-refractivity contribution in [3.05, 3.63) is 0 Å². The summed E-state index contributed by atoms with van der Waals surface area (Å²) in [4.78, 5) is 0. The van der Waals surface area contributed by atoms with Crippen molar-refractivity contribution in [1.29, 1.82) is 0 Å². The van der Waals surface area contributed by atoms with Gasteiger partial charge in [-0.3, -0.25) is 0 Å². The number of nitrogens with one attached hydrogen (secondary N) is 1. The third-order valence-corrected chi connectivity index (χ3v) is 1.36. The average Bonchev–Trinajstić information content (AvgIpc) is 2.01. The molecule has 0 unspecified atom stereocenters. The van der Waals surface area contributed by atoms with Gasteiger partial charge in [-0.05, 0) is 24.9 Å². The Balaban J connectivity index is -0.000000309. The van der Waals surface area contributed by atoms with Gasteiger partial charge in [0, 0.05) is 1.43 Å². The van der Waals surface area contributed by atoms with Crippen molar-refractivity contribution >= 4 is 0 Å². The van der Waals surface area contributed by atoms with Crippen molar-refractivity contribution in [3.63, 3.8) is 0 Å². The van der Waals surface area contributed by atoms with Gasteiger partial charge in [0.25, 0.3) is 0 Å². The number of unbranched alkanes of at least 4 members (excludes halogenated alkanes) is 1. The smallest absolute Gasteiger partial charge is 0 e. The number of rotatable bonds is 4. The SMILES string of the molecule is CC.CCCCNCC(C)(C)C.[HH]. The Kier molecular flexibility index (Phi) is 10.9. The quantitative estimate of drug-likeness (QED) is 0.643. The minimum atomic E-state index is 0. The second kappa shape index (κ2) is 9.05. The van der Waals surface area contributed by atoms with Gasteiger partial charge in [-0.25, -0.2) is 0 Å². The molecule has 1 heteroatoms. The molecule has 0 rings (SSSR count). The molecule has 0 aliphatic rings. The van der Waals surface area contributed by atoms with E-state index in [4.69, 9.17) is 0 Å². The van der Waals surface area contributed by atoms with Crippen LogP contribution in [0, 0.1) is 5.41 Å². The van der Waals surface area contributed by atoms with Gasteiger partial charge >= 0.3 is 0 Å². The lowest BCUT2D eigenvalue weighted by molar-refractivity contribution is 0.379. The standard InChI is InChI=1S/C9H21N.C2H6.H2/c1-5-6-7-10-8-9(2,3)4;1-2;/h10H,5-8H2,1-4H3;1-2H3;1H. The molecule has 0 aromatic rings. The van der Waals surface area contributed by atoms with E-state index < -0.39 is 0 Å². The van der Waals surface area contributed by atoms with E-state index in [1.165, 1.54) is 19.4 Å². The molecule has 0 aliphatic heterocycles. The molecular formula is C11H29N. The summed E-state index contributed by atoms with van der Waals surface area (Å²) >= 11 is 0. The van der Waals surface area contributed by atoms with Gasteiger partial charge in [-0.1, -0.05) is 48.0 Å². The van der Waals surface area contributed by atoms with Crippen LogP contribution in [0.3, 0.4) is 0 Å². The van der Waals surface area contributed by atoms with Gasteiger partial charge in [0.1, 0.15) is 0 Å². The first kappa shape index (κ1) is 14.5. The van der Waals surface area contributed by atoms with Crippen LogP contribution in [0.15, 0.2) is 0 Å². The van der Waals surface area contributed by atoms with Crippen molar-refractivity contribution in [2.24, 2.45) is 5.41 Å². The lowest BCUT2D eigenvalue weighted by Crippen LogP contribution is -2.27. The Hall–Kier alpha value is -0.0400. The molecule has 0 fully saturated rings. The minimum Gasteiger partial charge on any atom is -0.316 e. The molecule has 0 radical (unpaired) electrons. The van der Waals surface area contributed by atoms with Crippen LogP contribution in [0.25, 0.3) is 0 Å². The number of hydrogen-bond acceptors (Lipinski definition) is 1. The number of hydrogen-bond donors (Lipinski definition) is 1.